The van der Waals surface area contributed by atoms with Gasteiger partial charge in [-0.3, -0.25) is 0 Å². The van der Waals surface area contributed by atoms with Gasteiger partial charge in [0.05, 0.1) is 30.0 Å². The first-order chi connectivity index (χ1) is 11.6. The van der Waals surface area contributed by atoms with Gasteiger partial charge in [0, 0.05) is 0 Å². The van der Waals surface area contributed by atoms with Gasteiger partial charge in [-0.05, 0) is 64.6 Å². The van der Waals surface area contributed by atoms with Crippen LogP contribution in [0.15, 0.2) is 12.7 Å². The number of rotatable bonds is 6. The number of hydrogen-bond donors (Lipinski definition) is 1. The van der Waals surface area contributed by atoms with Crippen molar-refractivity contribution in [2.45, 2.75) is 114 Å². The molecule has 0 aromatic heterocycles. The third-order valence-corrected chi connectivity index (χ3v) is 11.4. The zero-order valence-electron chi connectivity index (χ0n) is 18.1. The molecule has 0 saturated carbocycles. The van der Waals surface area contributed by atoms with Crippen LogP contribution in [0.4, 0.5) is 0 Å². The van der Waals surface area contributed by atoms with Crippen LogP contribution in [-0.4, -0.2) is 49.0 Å². The van der Waals surface area contributed by atoms with Gasteiger partial charge >= 0.3 is 0 Å². The molecule has 0 aliphatic carbocycles. The van der Waals surface area contributed by atoms with Crippen molar-refractivity contribution < 1.29 is 19.0 Å². The van der Waals surface area contributed by atoms with Crippen molar-refractivity contribution in [3.05, 3.63) is 12.7 Å². The van der Waals surface area contributed by atoms with E-state index in [1.165, 1.54) is 0 Å². The Kier molecular flexibility index (Phi) is 5.95. The number of aliphatic hydroxyl groups is 1. The van der Waals surface area contributed by atoms with Crippen molar-refractivity contribution in [2.24, 2.45) is 0 Å². The molecule has 0 aromatic rings. The summed E-state index contributed by atoms with van der Waals surface area (Å²) in [6, 6.07) is 0. The van der Waals surface area contributed by atoms with Crippen LogP contribution in [0.1, 0.15) is 67.2 Å². The molecule has 2 aliphatic heterocycles. The van der Waals surface area contributed by atoms with Gasteiger partial charge in [0.25, 0.3) is 0 Å². The fourth-order valence-electron chi connectivity index (χ4n) is 3.61. The Bertz CT molecular complexity index is 525. The predicted molar refractivity (Wildman–Crippen MR) is 109 cm³/mol. The Hall–Kier alpha value is -0.203. The second-order valence-electron chi connectivity index (χ2n) is 10.5. The summed E-state index contributed by atoms with van der Waals surface area (Å²) in [6.07, 6.45) is 5.38. The van der Waals surface area contributed by atoms with Gasteiger partial charge in [-0.15, -0.1) is 6.58 Å². The van der Waals surface area contributed by atoms with Crippen LogP contribution in [0.2, 0.25) is 18.1 Å². The minimum atomic E-state index is -1.90. The van der Waals surface area contributed by atoms with Crippen LogP contribution < -0.4 is 0 Å². The van der Waals surface area contributed by atoms with E-state index in [4.69, 9.17) is 13.9 Å². The third kappa shape index (κ3) is 4.44. The molecule has 2 rings (SSSR count). The van der Waals surface area contributed by atoms with Crippen LogP contribution in [0.25, 0.3) is 0 Å². The second kappa shape index (κ2) is 7.00. The first-order valence-electron chi connectivity index (χ1n) is 10.00. The zero-order valence-corrected chi connectivity index (χ0v) is 19.1. The van der Waals surface area contributed by atoms with E-state index >= 15 is 0 Å². The van der Waals surface area contributed by atoms with E-state index in [9.17, 15) is 5.11 Å². The summed E-state index contributed by atoms with van der Waals surface area (Å²) in [5, 5.41) is 11.2. The SMILES string of the molecule is C=C[C@@]1(C)CC[C@@H]([C@@]2(C)CC[C@@H]([C@](C)(O)CO[Si](C)(C)C(C)(C)C)O2)O1. The lowest BCUT2D eigenvalue weighted by Gasteiger charge is -2.40. The lowest BCUT2D eigenvalue weighted by Crippen LogP contribution is -2.51. The monoisotopic (exact) mass is 384 g/mol. The van der Waals surface area contributed by atoms with Gasteiger partial charge in [-0.25, -0.2) is 0 Å². The first kappa shape index (κ1) is 22.1. The van der Waals surface area contributed by atoms with Gasteiger partial charge in [-0.2, -0.15) is 0 Å². The van der Waals surface area contributed by atoms with Crippen LogP contribution in [0.3, 0.4) is 0 Å². The Labute approximate surface area is 161 Å². The second-order valence-corrected chi connectivity index (χ2v) is 15.3. The quantitative estimate of drug-likeness (QED) is 0.527. The van der Waals surface area contributed by atoms with Gasteiger partial charge in [-0.1, -0.05) is 26.8 Å². The maximum Gasteiger partial charge on any atom is 0.192 e. The van der Waals surface area contributed by atoms with E-state index in [-0.39, 0.29) is 28.4 Å². The van der Waals surface area contributed by atoms with Crippen molar-refractivity contribution in [3.8, 4) is 0 Å². The average Bonchev–Trinajstić information content (AvgIpc) is 3.10. The number of ether oxygens (including phenoxy) is 2. The van der Waals surface area contributed by atoms with Crippen molar-refractivity contribution >= 4 is 8.32 Å². The Morgan fingerprint density at radius 2 is 1.77 bits per heavy atom. The summed E-state index contributed by atoms with van der Waals surface area (Å²) in [4.78, 5) is 0. The van der Waals surface area contributed by atoms with E-state index in [0.717, 1.165) is 25.7 Å². The molecule has 0 aromatic carbocycles. The van der Waals surface area contributed by atoms with E-state index in [1.807, 2.05) is 13.0 Å². The Morgan fingerprint density at radius 3 is 2.27 bits per heavy atom. The molecule has 2 fully saturated rings. The molecule has 0 unspecified atom stereocenters. The largest absolute Gasteiger partial charge is 0.414 e. The molecular weight excluding hydrogens is 344 g/mol. The minimum Gasteiger partial charge on any atom is -0.414 e. The highest BCUT2D eigenvalue weighted by molar-refractivity contribution is 6.74. The molecule has 152 valence electrons. The van der Waals surface area contributed by atoms with Crippen molar-refractivity contribution in [2.75, 3.05) is 6.61 Å². The Morgan fingerprint density at radius 1 is 1.15 bits per heavy atom. The van der Waals surface area contributed by atoms with Crippen LogP contribution in [-0.2, 0) is 13.9 Å². The summed E-state index contributed by atoms with van der Waals surface area (Å²) in [6.45, 7) is 21.3. The van der Waals surface area contributed by atoms with Gasteiger partial charge in [0.2, 0.25) is 0 Å². The van der Waals surface area contributed by atoms with Gasteiger partial charge < -0.3 is 19.0 Å². The maximum absolute atomic E-state index is 11.1. The van der Waals surface area contributed by atoms with Gasteiger partial charge in [0.15, 0.2) is 8.32 Å². The van der Waals surface area contributed by atoms with E-state index in [2.05, 4.69) is 54.3 Å². The molecule has 5 atom stereocenters. The minimum absolute atomic E-state index is 0.0487. The van der Waals surface area contributed by atoms with Crippen molar-refractivity contribution in [1.29, 1.82) is 0 Å². The molecule has 0 radical (unpaired) electrons. The molecule has 2 heterocycles. The summed E-state index contributed by atoms with van der Waals surface area (Å²) in [7, 11) is -1.90. The molecule has 0 amide bonds. The normalized spacial score (nSPS) is 38.3. The van der Waals surface area contributed by atoms with E-state index < -0.39 is 13.9 Å². The van der Waals surface area contributed by atoms with Crippen molar-refractivity contribution in [3.63, 3.8) is 0 Å². The summed E-state index contributed by atoms with van der Waals surface area (Å²) >= 11 is 0. The summed E-state index contributed by atoms with van der Waals surface area (Å²) in [5.74, 6) is 0. The molecule has 4 nitrogen and oxygen atoms in total. The first-order valence-corrected chi connectivity index (χ1v) is 12.9. The smallest absolute Gasteiger partial charge is 0.192 e. The predicted octanol–water partition coefficient (Wildman–Crippen LogP) is 4.82. The Balaban J connectivity index is 1.99. The van der Waals surface area contributed by atoms with E-state index in [0.29, 0.717) is 6.61 Å². The maximum atomic E-state index is 11.1. The zero-order chi connectivity index (χ0) is 20.0. The molecule has 1 N–H and O–H groups in total. The lowest BCUT2D eigenvalue weighted by molar-refractivity contribution is -0.179. The molecule has 2 saturated heterocycles. The molecule has 0 bridgehead atoms. The highest BCUT2D eigenvalue weighted by Gasteiger charge is 2.52. The highest BCUT2D eigenvalue weighted by atomic mass is 28.4. The lowest BCUT2D eigenvalue weighted by atomic mass is 9.91. The van der Waals surface area contributed by atoms with Gasteiger partial charge in [0.1, 0.15) is 5.60 Å². The third-order valence-electron chi connectivity index (χ3n) is 6.97. The van der Waals surface area contributed by atoms with Crippen LogP contribution >= 0.6 is 0 Å². The summed E-state index contributed by atoms with van der Waals surface area (Å²) < 4.78 is 18.9. The fourth-order valence-corrected chi connectivity index (χ4v) is 4.70. The van der Waals surface area contributed by atoms with Crippen molar-refractivity contribution in [1.82, 2.24) is 0 Å². The molecule has 5 heteroatoms. The topological polar surface area (TPSA) is 47.9 Å². The van der Waals surface area contributed by atoms with Crippen LogP contribution in [0, 0.1) is 0 Å². The number of hydrogen-bond acceptors (Lipinski definition) is 4. The average molecular weight is 385 g/mol. The standard InChI is InChI=1S/C21H40O4Si/c1-10-19(5)13-11-17(24-19)21(7)14-12-16(25-21)20(6,22)15-23-26(8,9)18(2,3)4/h10,16-17,22H,1,11-15H2,2-9H3/t16-,17-,19-,20+,21+/m0/s1. The van der Waals surface area contributed by atoms with Crippen LogP contribution in [0.5, 0.6) is 0 Å². The fraction of sp³-hybridized carbons (Fsp3) is 0.905. The summed E-state index contributed by atoms with van der Waals surface area (Å²) in [5.41, 5.74) is -1.61. The molecule has 26 heavy (non-hydrogen) atoms. The molecular formula is C21H40O4Si. The van der Waals surface area contributed by atoms with E-state index in [1.54, 1.807) is 0 Å². The molecule has 2 aliphatic rings. The highest BCUT2D eigenvalue weighted by Crippen LogP contribution is 2.45. The molecule has 0 spiro atoms.